The zero-order valence-electron chi connectivity index (χ0n) is 13.5. The minimum atomic E-state index is 0.688. The van der Waals surface area contributed by atoms with E-state index in [1.54, 1.807) is 0 Å². The molecule has 6 heteroatoms. The number of hydrogen-bond donors (Lipinski definition) is 1. The third-order valence-corrected chi connectivity index (χ3v) is 4.53. The van der Waals surface area contributed by atoms with Gasteiger partial charge in [0.1, 0.15) is 17.3 Å². The second-order valence-electron chi connectivity index (χ2n) is 5.74. The maximum Gasteiger partial charge on any atom is 0.160 e. The summed E-state index contributed by atoms with van der Waals surface area (Å²) in [5.41, 5.74) is 1.95. The van der Waals surface area contributed by atoms with Crippen molar-refractivity contribution < 1.29 is 4.42 Å². The van der Waals surface area contributed by atoms with Crippen molar-refractivity contribution in [3.05, 3.63) is 76.9 Å². The van der Waals surface area contributed by atoms with Crippen LogP contribution in [0.1, 0.15) is 11.6 Å². The zero-order valence-corrected chi connectivity index (χ0v) is 15.1. The van der Waals surface area contributed by atoms with Gasteiger partial charge in [-0.2, -0.15) is 0 Å². The number of aromatic nitrogens is 3. The second kappa shape index (κ2) is 7.21. The third kappa shape index (κ3) is 3.65. The summed E-state index contributed by atoms with van der Waals surface area (Å²) in [6.07, 6.45) is 2.80. The van der Waals surface area contributed by atoms with Crippen LogP contribution in [0.15, 0.2) is 69.7 Å². The molecule has 0 bridgehead atoms. The topological polar surface area (TPSA) is 55.4 Å². The molecule has 0 aliphatic rings. The number of furan rings is 1. The Morgan fingerprint density at radius 1 is 1.00 bits per heavy atom. The largest absolute Gasteiger partial charge is 0.460 e. The Morgan fingerprint density at radius 2 is 1.88 bits per heavy atom. The fourth-order valence-corrected chi connectivity index (χ4v) is 2.98. The molecule has 4 aromatic rings. The maximum absolute atomic E-state index is 5.91. The van der Waals surface area contributed by atoms with Gasteiger partial charge in [-0.3, -0.25) is 4.40 Å². The van der Waals surface area contributed by atoms with Crippen LogP contribution in [0.4, 0.5) is 0 Å². The first-order valence-electron chi connectivity index (χ1n) is 8.13. The van der Waals surface area contributed by atoms with Crippen LogP contribution in [0, 0.1) is 0 Å². The highest BCUT2D eigenvalue weighted by atomic mass is 79.9. The lowest BCUT2D eigenvalue weighted by Gasteiger charge is -2.02. The van der Waals surface area contributed by atoms with E-state index in [9.17, 15) is 0 Å². The van der Waals surface area contributed by atoms with Gasteiger partial charge in [-0.15, -0.1) is 10.2 Å². The van der Waals surface area contributed by atoms with Crippen molar-refractivity contribution in [3.8, 4) is 11.3 Å². The Morgan fingerprint density at radius 3 is 2.76 bits per heavy atom. The van der Waals surface area contributed by atoms with E-state index in [-0.39, 0.29) is 0 Å². The number of halogens is 1. The molecule has 3 heterocycles. The van der Waals surface area contributed by atoms with Gasteiger partial charge in [0.15, 0.2) is 5.65 Å². The van der Waals surface area contributed by atoms with Gasteiger partial charge in [-0.05, 0) is 36.4 Å². The molecule has 0 spiro atoms. The van der Waals surface area contributed by atoms with Gasteiger partial charge < -0.3 is 9.73 Å². The van der Waals surface area contributed by atoms with E-state index < -0.39 is 0 Å². The second-order valence-corrected chi connectivity index (χ2v) is 6.66. The van der Waals surface area contributed by atoms with Crippen LogP contribution in [0.3, 0.4) is 0 Å². The van der Waals surface area contributed by atoms with Gasteiger partial charge in [0, 0.05) is 29.2 Å². The summed E-state index contributed by atoms with van der Waals surface area (Å²) >= 11 is 3.44. The van der Waals surface area contributed by atoms with Crippen LogP contribution in [-0.4, -0.2) is 21.1 Å². The van der Waals surface area contributed by atoms with E-state index in [2.05, 4.69) is 31.4 Å². The molecule has 3 aromatic heterocycles. The molecule has 0 radical (unpaired) electrons. The molecule has 126 valence electrons. The maximum atomic E-state index is 5.91. The number of nitrogens with zero attached hydrogens (tertiary/aromatic N) is 3. The fourth-order valence-electron chi connectivity index (χ4n) is 2.72. The van der Waals surface area contributed by atoms with Crippen LogP contribution in [0.2, 0.25) is 0 Å². The first-order chi connectivity index (χ1) is 12.3. The Kier molecular flexibility index (Phi) is 4.63. The minimum absolute atomic E-state index is 0.688. The number of hydrogen-bond acceptors (Lipinski definition) is 4. The standard InChI is InChI=1S/C19H17BrN4O/c20-15-6-4-14(5-7-15)17-9-8-16(25-17)13-21-11-10-19-23-22-18-3-1-2-12-24(18)19/h1-9,12,21H,10-11,13H2. The van der Waals surface area contributed by atoms with Crippen LogP contribution in [0.5, 0.6) is 0 Å². The Hall–Kier alpha value is -2.44. The van der Waals surface area contributed by atoms with Gasteiger partial charge in [-0.25, -0.2) is 0 Å². The Bertz CT molecular complexity index is 974. The normalized spacial score (nSPS) is 11.2. The first kappa shape index (κ1) is 16.1. The van der Waals surface area contributed by atoms with E-state index >= 15 is 0 Å². The van der Waals surface area contributed by atoms with E-state index in [1.807, 2.05) is 65.2 Å². The van der Waals surface area contributed by atoms with Gasteiger partial charge in [0.2, 0.25) is 0 Å². The van der Waals surface area contributed by atoms with Crippen LogP contribution >= 0.6 is 15.9 Å². The summed E-state index contributed by atoms with van der Waals surface area (Å²) < 4.78 is 8.98. The molecule has 0 aliphatic carbocycles. The highest BCUT2D eigenvalue weighted by Crippen LogP contribution is 2.23. The van der Waals surface area contributed by atoms with E-state index in [1.165, 1.54) is 0 Å². The smallest absolute Gasteiger partial charge is 0.160 e. The molecule has 1 N–H and O–H groups in total. The molecule has 0 saturated carbocycles. The molecule has 0 aliphatic heterocycles. The predicted molar refractivity (Wildman–Crippen MR) is 100 cm³/mol. The van der Waals surface area contributed by atoms with Crippen LogP contribution < -0.4 is 5.32 Å². The van der Waals surface area contributed by atoms with Gasteiger partial charge >= 0.3 is 0 Å². The minimum Gasteiger partial charge on any atom is -0.460 e. The molecular weight excluding hydrogens is 380 g/mol. The van der Waals surface area contributed by atoms with Crippen LogP contribution in [-0.2, 0) is 13.0 Å². The lowest BCUT2D eigenvalue weighted by Crippen LogP contribution is -2.17. The lowest BCUT2D eigenvalue weighted by molar-refractivity contribution is 0.493. The van der Waals surface area contributed by atoms with E-state index in [0.717, 1.165) is 46.0 Å². The molecule has 1 aromatic carbocycles. The molecule has 5 nitrogen and oxygen atoms in total. The number of benzene rings is 1. The molecule has 4 rings (SSSR count). The summed E-state index contributed by atoms with van der Waals surface area (Å²) in [6.45, 7) is 1.50. The zero-order chi connectivity index (χ0) is 17.1. The average molecular weight is 397 g/mol. The van der Waals surface area contributed by atoms with E-state index in [0.29, 0.717) is 6.54 Å². The van der Waals surface area contributed by atoms with Crippen molar-refractivity contribution in [2.45, 2.75) is 13.0 Å². The van der Waals surface area contributed by atoms with Gasteiger partial charge in [0.05, 0.1) is 6.54 Å². The molecule has 0 atom stereocenters. The molecule has 0 amide bonds. The van der Waals surface area contributed by atoms with Crippen molar-refractivity contribution in [2.75, 3.05) is 6.54 Å². The average Bonchev–Trinajstić information content (AvgIpc) is 3.27. The highest BCUT2D eigenvalue weighted by Gasteiger charge is 2.06. The Labute approximate surface area is 153 Å². The van der Waals surface area contributed by atoms with Crippen molar-refractivity contribution in [1.29, 1.82) is 0 Å². The van der Waals surface area contributed by atoms with Crippen molar-refractivity contribution in [2.24, 2.45) is 0 Å². The molecule has 25 heavy (non-hydrogen) atoms. The molecular formula is C19H17BrN4O. The van der Waals surface area contributed by atoms with Gasteiger partial charge in [0.25, 0.3) is 0 Å². The van der Waals surface area contributed by atoms with Crippen molar-refractivity contribution in [1.82, 2.24) is 19.9 Å². The number of pyridine rings is 1. The monoisotopic (exact) mass is 396 g/mol. The summed E-state index contributed by atoms with van der Waals surface area (Å²) in [5, 5.41) is 11.8. The summed E-state index contributed by atoms with van der Waals surface area (Å²) in [6, 6.07) is 18.0. The van der Waals surface area contributed by atoms with E-state index in [4.69, 9.17) is 4.42 Å². The summed E-state index contributed by atoms with van der Waals surface area (Å²) in [4.78, 5) is 0. The van der Waals surface area contributed by atoms with Crippen LogP contribution in [0.25, 0.3) is 17.0 Å². The third-order valence-electron chi connectivity index (χ3n) is 4.00. The molecule has 0 unspecified atom stereocenters. The predicted octanol–water partition coefficient (Wildman–Crippen LogP) is 4.08. The molecule has 0 fully saturated rings. The van der Waals surface area contributed by atoms with Crippen molar-refractivity contribution >= 4 is 21.6 Å². The first-order valence-corrected chi connectivity index (χ1v) is 8.93. The quantitative estimate of drug-likeness (QED) is 0.498. The summed E-state index contributed by atoms with van der Waals surface area (Å²) in [7, 11) is 0. The lowest BCUT2D eigenvalue weighted by atomic mass is 10.2. The van der Waals surface area contributed by atoms with Gasteiger partial charge in [-0.1, -0.05) is 34.1 Å². The highest BCUT2D eigenvalue weighted by molar-refractivity contribution is 9.10. The fraction of sp³-hybridized carbons (Fsp3) is 0.158. The number of fused-ring (bicyclic) bond motifs is 1. The SMILES string of the molecule is Brc1ccc(-c2ccc(CNCCc3nnc4ccccn34)o2)cc1. The number of rotatable bonds is 6. The molecule has 0 saturated heterocycles. The van der Waals surface area contributed by atoms with Crippen molar-refractivity contribution in [3.63, 3.8) is 0 Å². The number of nitrogens with one attached hydrogen (secondary N) is 1. The Balaban J connectivity index is 1.32. The summed E-state index contributed by atoms with van der Waals surface area (Å²) in [5.74, 6) is 2.76.